The summed E-state index contributed by atoms with van der Waals surface area (Å²) < 4.78 is 9.12. The minimum absolute atomic E-state index is 0.929. The molecule has 0 fully saturated rings. The van der Waals surface area contributed by atoms with E-state index in [4.69, 9.17) is 4.42 Å². The molecule has 0 atom stereocenters. The van der Waals surface area contributed by atoms with Crippen LogP contribution < -0.4 is 15.3 Å². The summed E-state index contributed by atoms with van der Waals surface area (Å²) in [6.07, 6.45) is 0. The summed E-state index contributed by atoms with van der Waals surface area (Å²) >= 11 is 1.91. The van der Waals surface area contributed by atoms with E-state index in [2.05, 4.69) is 151 Å². The Morgan fingerprint density at radius 1 is 0.543 bits per heavy atom. The van der Waals surface area contributed by atoms with Gasteiger partial charge in [0.05, 0.1) is 0 Å². The van der Waals surface area contributed by atoms with E-state index in [9.17, 15) is 0 Å². The lowest BCUT2D eigenvalue weighted by Gasteiger charge is -2.27. The smallest absolute Gasteiger partial charge is 0.143 e. The van der Waals surface area contributed by atoms with Gasteiger partial charge in [0.15, 0.2) is 0 Å². The van der Waals surface area contributed by atoms with Crippen LogP contribution in [0.25, 0.3) is 64.0 Å². The van der Waals surface area contributed by atoms with E-state index in [1.165, 1.54) is 47.6 Å². The molecule has 2 nitrogen and oxygen atoms in total. The molecule has 0 aliphatic carbocycles. The summed E-state index contributed by atoms with van der Waals surface area (Å²) in [5.41, 5.74) is 8.21. The van der Waals surface area contributed by atoms with Crippen LogP contribution in [0, 0.1) is 0 Å². The number of hydrogen-bond acceptors (Lipinski definition) is 3. The molecule has 9 aromatic rings. The maximum Gasteiger partial charge on any atom is 0.143 e. The van der Waals surface area contributed by atoms with E-state index in [1.54, 1.807) is 5.19 Å². The van der Waals surface area contributed by atoms with Gasteiger partial charge in [0.2, 0.25) is 0 Å². The average molecular weight is 624 g/mol. The molecule has 0 saturated carbocycles. The number of para-hydroxylation sites is 2. The van der Waals surface area contributed by atoms with Crippen LogP contribution in [0.4, 0.5) is 17.1 Å². The summed E-state index contributed by atoms with van der Waals surface area (Å²) in [6.45, 7) is 5.03. The molecule has 0 unspecified atom stereocenters. The second-order valence-electron chi connectivity index (χ2n) is 12.9. The zero-order valence-corrected chi connectivity index (χ0v) is 27.4. The molecule has 2 aromatic heterocycles. The summed E-state index contributed by atoms with van der Waals surface area (Å²) in [4.78, 5) is 2.41. The van der Waals surface area contributed by atoms with Crippen LogP contribution in [0.2, 0.25) is 13.1 Å². The molecule has 1 aliphatic rings. The van der Waals surface area contributed by atoms with Crippen molar-refractivity contribution in [2.75, 3.05) is 4.90 Å². The molecular weight excluding hydrogens is 595 g/mol. The Morgan fingerprint density at radius 3 is 2.17 bits per heavy atom. The lowest BCUT2D eigenvalue weighted by atomic mass is 9.99. The molecule has 7 aromatic carbocycles. The van der Waals surface area contributed by atoms with Crippen molar-refractivity contribution in [3.63, 3.8) is 0 Å². The highest BCUT2D eigenvalue weighted by atomic mass is 32.1. The quantitative estimate of drug-likeness (QED) is 0.182. The monoisotopic (exact) mass is 623 g/mol. The Bertz CT molecular complexity index is 2680. The lowest BCUT2D eigenvalue weighted by molar-refractivity contribution is 0.672. The Hall–Kier alpha value is -5.16. The largest absolute Gasteiger partial charge is 0.455 e. The van der Waals surface area contributed by atoms with Crippen LogP contribution in [0.5, 0.6) is 0 Å². The number of thiophene rings is 1. The zero-order valence-electron chi connectivity index (χ0n) is 25.5. The van der Waals surface area contributed by atoms with Crippen molar-refractivity contribution < 1.29 is 4.42 Å². The van der Waals surface area contributed by atoms with Gasteiger partial charge in [0.25, 0.3) is 0 Å². The predicted octanol–water partition coefficient (Wildman–Crippen LogP) is 11.4. The molecule has 0 N–H and O–H groups in total. The van der Waals surface area contributed by atoms with Crippen molar-refractivity contribution in [3.05, 3.63) is 140 Å². The fourth-order valence-electron chi connectivity index (χ4n) is 7.83. The van der Waals surface area contributed by atoms with E-state index in [0.29, 0.717) is 0 Å². The van der Waals surface area contributed by atoms with Gasteiger partial charge in [0.1, 0.15) is 19.2 Å². The topological polar surface area (TPSA) is 16.4 Å². The lowest BCUT2D eigenvalue weighted by Crippen LogP contribution is -2.49. The van der Waals surface area contributed by atoms with E-state index >= 15 is 0 Å². The molecule has 0 amide bonds. The maximum atomic E-state index is 6.38. The number of hydrogen-bond donors (Lipinski definition) is 0. The molecule has 10 rings (SSSR count). The molecular formula is C42H29NOSSi. The van der Waals surface area contributed by atoms with Crippen LogP contribution in [0.15, 0.2) is 144 Å². The molecule has 0 bridgehead atoms. The first-order chi connectivity index (χ1) is 22.6. The van der Waals surface area contributed by atoms with Crippen molar-refractivity contribution >= 4 is 99.7 Å². The SMILES string of the molecule is C[Si]1(C)c2cc(N(c3ccccc3)c3ccc4c(ccc5c6ccccc6oc45)c3)ccc2-c2c1ccc1sc3ccccc3c21. The third kappa shape index (κ3) is 3.57. The van der Waals surface area contributed by atoms with Gasteiger partial charge in [-0.2, -0.15) is 0 Å². The highest BCUT2D eigenvalue weighted by molar-refractivity contribution is 7.26. The number of anilines is 3. The first-order valence-electron chi connectivity index (χ1n) is 15.9. The predicted molar refractivity (Wildman–Crippen MR) is 201 cm³/mol. The van der Waals surface area contributed by atoms with Gasteiger partial charge in [-0.05, 0) is 93.6 Å². The maximum absolute atomic E-state index is 6.38. The van der Waals surface area contributed by atoms with E-state index < -0.39 is 8.07 Å². The summed E-state index contributed by atoms with van der Waals surface area (Å²) in [6, 6.07) is 51.2. The van der Waals surface area contributed by atoms with E-state index in [-0.39, 0.29) is 0 Å². The normalized spacial score (nSPS) is 13.6. The number of benzene rings is 7. The summed E-state index contributed by atoms with van der Waals surface area (Å²) in [5, 5.41) is 10.5. The number of rotatable bonds is 3. The van der Waals surface area contributed by atoms with Gasteiger partial charge < -0.3 is 9.32 Å². The summed E-state index contributed by atoms with van der Waals surface area (Å²) in [5.74, 6) is 0. The number of furan rings is 1. The fraction of sp³-hybridized carbons (Fsp3) is 0.0476. The Kier molecular flexibility index (Phi) is 5.35. The van der Waals surface area contributed by atoms with Crippen molar-refractivity contribution in [2.45, 2.75) is 13.1 Å². The molecule has 0 radical (unpaired) electrons. The first-order valence-corrected chi connectivity index (χ1v) is 19.7. The van der Waals surface area contributed by atoms with Gasteiger partial charge >= 0.3 is 0 Å². The zero-order chi connectivity index (χ0) is 30.6. The molecule has 1 aliphatic heterocycles. The highest BCUT2D eigenvalue weighted by Gasteiger charge is 2.39. The van der Waals surface area contributed by atoms with Crippen LogP contribution in [0.1, 0.15) is 0 Å². The second kappa shape index (κ2) is 9.43. The average Bonchev–Trinajstić information content (AvgIpc) is 3.73. The minimum atomic E-state index is -1.96. The van der Waals surface area contributed by atoms with Crippen molar-refractivity contribution in [1.82, 2.24) is 0 Å². The molecule has 0 spiro atoms. The number of nitrogens with zero attached hydrogens (tertiary/aromatic N) is 1. The van der Waals surface area contributed by atoms with E-state index in [1.807, 2.05) is 17.4 Å². The van der Waals surface area contributed by atoms with Gasteiger partial charge in [-0.1, -0.05) is 85.9 Å². The first kappa shape index (κ1) is 26.1. The van der Waals surface area contributed by atoms with Gasteiger partial charge in [-0.15, -0.1) is 11.3 Å². The second-order valence-corrected chi connectivity index (χ2v) is 18.3. The Balaban J connectivity index is 1.17. The standard InChI is InChI=1S/C42H29NOSSi/c1-46(2)38-23-22-37-40(33-13-7-9-15-36(33)45-37)41(38)34-21-18-29(25-39(34)46)43(27-10-4-3-5-11-27)28-17-20-30-26(24-28)16-19-32-31-12-6-8-14-35(31)44-42(30)32/h3-25H,1-2H3. The molecule has 3 heterocycles. The Labute approximate surface area is 271 Å². The third-order valence-corrected chi connectivity index (χ3v) is 14.7. The van der Waals surface area contributed by atoms with Crippen LogP contribution >= 0.6 is 11.3 Å². The summed E-state index contributed by atoms with van der Waals surface area (Å²) in [7, 11) is -1.96. The number of fused-ring (bicyclic) bond motifs is 12. The van der Waals surface area contributed by atoms with Crippen molar-refractivity contribution in [3.8, 4) is 11.1 Å². The van der Waals surface area contributed by atoms with Crippen molar-refractivity contribution in [2.24, 2.45) is 0 Å². The van der Waals surface area contributed by atoms with Crippen LogP contribution in [0.3, 0.4) is 0 Å². The van der Waals surface area contributed by atoms with Gasteiger partial charge in [-0.25, -0.2) is 0 Å². The molecule has 4 heteroatoms. The molecule has 46 heavy (non-hydrogen) atoms. The van der Waals surface area contributed by atoms with E-state index in [0.717, 1.165) is 38.7 Å². The molecule has 218 valence electrons. The third-order valence-electron chi connectivity index (χ3n) is 10.0. The van der Waals surface area contributed by atoms with Gasteiger partial charge in [-0.3, -0.25) is 0 Å². The van der Waals surface area contributed by atoms with Crippen LogP contribution in [-0.2, 0) is 0 Å². The van der Waals surface area contributed by atoms with Crippen LogP contribution in [-0.4, -0.2) is 8.07 Å². The minimum Gasteiger partial charge on any atom is -0.455 e. The van der Waals surface area contributed by atoms with Gasteiger partial charge in [0, 0.05) is 53.4 Å². The Morgan fingerprint density at radius 2 is 1.28 bits per heavy atom. The van der Waals surface area contributed by atoms with Crippen molar-refractivity contribution in [1.29, 1.82) is 0 Å². The highest BCUT2D eigenvalue weighted by Crippen LogP contribution is 2.44. The molecule has 0 saturated heterocycles. The fourth-order valence-corrected chi connectivity index (χ4v) is 12.0.